The maximum absolute atomic E-state index is 11.5. The minimum absolute atomic E-state index is 0. The highest BCUT2D eigenvalue weighted by Gasteiger charge is 2.21. The Balaban J connectivity index is 0.00000261. The van der Waals surface area contributed by atoms with Crippen LogP contribution in [0.4, 0.5) is 5.69 Å². The van der Waals surface area contributed by atoms with Crippen molar-refractivity contribution < 1.29 is 17.9 Å². The number of fused-ring (bicyclic) bond motifs is 1. The third-order valence-electron chi connectivity index (χ3n) is 4.39. The Morgan fingerprint density at radius 2 is 1.89 bits per heavy atom. The van der Waals surface area contributed by atoms with Crippen LogP contribution in [0.1, 0.15) is 6.42 Å². The number of nitrogens with one attached hydrogen (secondary N) is 2. The van der Waals surface area contributed by atoms with Crippen molar-refractivity contribution in [2.45, 2.75) is 6.42 Å². The number of hydrogen-bond acceptors (Lipinski definition) is 6. The van der Waals surface area contributed by atoms with Gasteiger partial charge in [0.05, 0.1) is 24.7 Å². The number of guanidine groups is 1. The van der Waals surface area contributed by atoms with Crippen LogP contribution in [0.3, 0.4) is 0 Å². The molecule has 0 spiro atoms. The predicted octanol–water partition coefficient (Wildman–Crippen LogP) is 1.18. The van der Waals surface area contributed by atoms with E-state index < -0.39 is 9.84 Å². The zero-order valence-electron chi connectivity index (χ0n) is 15.4. The molecule has 2 aliphatic heterocycles. The van der Waals surface area contributed by atoms with E-state index in [4.69, 9.17) is 9.47 Å². The van der Waals surface area contributed by atoms with Crippen molar-refractivity contribution in [3.8, 4) is 11.5 Å². The van der Waals surface area contributed by atoms with E-state index in [0.29, 0.717) is 38.8 Å². The van der Waals surface area contributed by atoms with Gasteiger partial charge in [-0.2, -0.15) is 0 Å². The number of rotatable bonds is 4. The first-order chi connectivity index (χ1) is 12.6. The molecule has 1 fully saturated rings. The van der Waals surface area contributed by atoms with Crippen LogP contribution in [0.5, 0.6) is 11.5 Å². The van der Waals surface area contributed by atoms with E-state index in [9.17, 15) is 8.42 Å². The summed E-state index contributed by atoms with van der Waals surface area (Å²) in [5.74, 6) is 2.64. The summed E-state index contributed by atoms with van der Waals surface area (Å²) in [7, 11) is -1.12. The summed E-state index contributed by atoms with van der Waals surface area (Å²) in [5, 5.41) is 6.49. The van der Waals surface area contributed by atoms with Gasteiger partial charge in [0.15, 0.2) is 27.3 Å². The van der Waals surface area contributed by atoms with Crippen molar-refractivity contribution in [1.82, 2.24) is 10.2 Å². The third kappa shape index (κ3) is 6.68. The molecule has 10 heteroatoms. The Morgan fingerprint density at radius 1 is 1.19 bits per heavy atom. The number of nitrogens with zero attached hydrogens (tertiary/aromatic N) is 2. The van der Waals surface area contributed by atoms with Crippen LogP contribution in [-0.2, 0) is 9.84 Å². The summed E-state index contributed by atoms with van der Waals surface area (Å²) in [6, 6.07) is 5.73. The highest BCUT2D eigenvalue weighted by Crippen LogP contribution is 2.32. The van der Waals surface area contributed by atoms with Crippen LogP contribution >= 0.6 is 24.0 Å². The standard InChI is InChI=1S/C17H26N4O4S.HI/c1-18-17(19-5-6-21-7-11-26(22,23)12-8-21)20-14-3-4-15-16(13-14)25-10-2-9-24-15;/h3-4,13H,2,5-12H2,1H3,(H2,18,19,20);1H. The number of anilines is 1. The minimum Gasteiger partial charge on any atom is -0.490 e. The number of benzene rings is 1. The van der Waals surface area contributed by atoms with Crippen LogP contribution in [0.25, 0.3) is 0 Å². The summed E-state index contributed by atoms with van der Waals surface area (Å²) in [5.41, 5.74) is 0.867. The van der Waals surface area contributed by atoms with E-state index in [2.05, 4.69) is 20.5 Å². The first-order valence-corrected chi connectivity index (χ1v) is 10.7. The Morgan fingerprint density at radius 3 is 2.59 bits per heavy atom. The second kappa shape index (κ2) is 10.3. The first-order valence-electron chi connectivity index (χ1n) is 8.86. The molecule has 2 aliphatic rings. The second-order valence-electron chi connectivity index (χ2n) is 6.33. The van der Waals surface area contributed by atoms with Crippen molar-refractivity contribution in [3.63, 3.8) is 0 Å². The highest BCUT2D eigenvalue weighted by atomic mass is 127. The van der Waals surface area contributed by atoms with Gasteiger partial charge in [0.25, 0.3) is 0 Å². The zero-order valence-corrected chi connectivity index (χ0v) is 18.6. The van der Waals surface area contributed by atoms with Crippen molar-refractivity contribution in [3.05, 3.63) is 18.2 Å². The molecule has 0 atom stereocenters. The molecule has 2 N–H and O–H groups in total. The van der Waals surface area contributed by atoms with Crippen LogP contribution in [0.15, 0.2) is 23.2 Å². The van der Waals surface area contributed by atoms with Crippen molar-refractivity contribution in [2.24, 2.45) is 4.99 Å². The molecule has 8 nitrogen and oxygen atoms in total. The number of sulfone groups is 1. The monoisotopic (exact) mass is 510 g/mol. The first kappa shape index (κ1) is 22.0. The Bertz CT molecular complexity index is 743. The third-order valence-corrected chi connectivity index (χ3v) is 6.00. The average Bonchev–Trinajstić information content (AvgIpc) is 2.87. The SMILES string of the molecule is CN=C(NCCN1CCS(=O)(=O)CC1)Nc1ccc2c(c1)OCCCO2.I. The summed E-state index contributed by atoms with van der Waals surface area (Å²) < 4.78 is 34.3. The molecule has 0 radical (unpaired) electrons. The molecule has 0 aromatic heterocycles. The normalized spacial score (nSPS) is 19.5. The topological polar surface area (TPSA) is 92.3 Å². The van der Waals surface area contributed by atoms with E-state index in [-0.39, 0.29) is 35.5 Å². The summed E-state index contributed by atoms with van der Waals surface area (Å²) in [6.45, 7) is 3.97. The van der Waals surface area contributed by atoms with Gasteiger partial charge in [-0.15, -0.1) is 24.0 Å². The molecule has 0 unspecified atom stereocenters. The lowest BCUT2D eigenvalue weighted by atomic mass is 10.3. The van der Waals surface area contributed by atoms with Gasteiger partial charge in [0.1, 0.15) is 0 Å². The van der Waals surface area contributed by atoms with Crippen LogP contribution in [0.2, 0.25) is 0 Å². The smallest absolute Gasteiger partial charge is 0.195 e. The molecule has 0 saturated carbocycles. The maximum atomic E-state index is 11.5. The molecule has 152 valence electrons. The fourth-order valence-electron chi connectivity index (χ4n) is 2.86. The lowest BCUT2D eigenvalue weighted by molar-refractivity contribution is 0.297. The number of halogens is 1. The maximum Gasteiger partial charge on any atom is 0.195 e. The fourth-order valence-corrected chi connectivity index (χ4v) is 4.14. The number of ether oxygens (including phenoxy) is 2. The molecule has 27 heavy (non-hydrogen) atoms. The molecule has 0 bridgehead atoms. The van der Waals surface area contributed by atoms with Gasteiger partial charge in [-0.3, -0.25) is 9.89 Å². The molecule has 1 aromatic rings. The molecule has 1 saturated heterocycles. The molecule has 2 heterocycles. The van der Waals surface area contributed by atoms with Gasteiger partial charge in [-0.05, 0) is 12.1 Å². The van der Waals surface area contributed by atoms with E-state index >= 15 is 0 Å². The van der Waals surface area contributed by atoms with Crippen LogP contribution in [0, 0.1) is 0 Å². The highest BCUT2D eigenvalue weighted by molar-refractivity contribution is 14.0. The van der Waals surface area contributed by atoms with E-state index in [1.165, 1.54) is 0 Å². The number of aliphatic imine (C=N–C) groups is 1. The van der Waals surface area contributed by atoms with E-state index in [1.54, 1.807) is 7.05 Å². The summed E-state index contributed by atoms with van der Waals surface area (Å²) in [6.07, 6.45) is 0.873. The van der Waals surface area contributed by atoms with E-state index in [1.807, 2.05) is 18.2 Å². The van der Waals surface area contributed by atoms with Crippen molar-refractivity contribution in [1.29, 1.82) is 0 Å². The van der Waals surface area contributed by atoms with Gasteiger partial charge in [-0.25, -0.2) is 8.42 Å². The molecular weight excluding hydrogens is 483 g/mol. The molecule has 1 aromatic carbocycles. The average molecular weight is 510 g/mol. The van der Waals surface area contributed by atoms with Crippen molar-refractivity contribution in [2.75, 3.05) is 63.3 Å². The van der Waals surface area contributed by atoms with E-state index in [0.717, 1.165) is 30.2 Å². The second-order valence-corrected chi connectivity index (χ2v) is 8.63. The van der Waals surface area contributed by atoms with Gasteiger partial charge < -0.3 is 20.1 Å². The Hall–Kier alpha value is -1.27. The molecule has 0 aliphatic carbocycles. The minimum atomic E-state index is -2.83. The van der Waals surface area contributed by atoms with Crippen LogP contribution in [-0.4, -0.2) is 77.2 Å². The molecule has 0 amide bonds. The lowest BCUT2D eigenvalue weighted by Crippen LogP contribution is -2.44. The predicted molar refractivity (Wildman–Crippen MR) is 118 cm³/mol. The van der Waals surface area contributed by atoms with Crippen molar-refractivity contribution >= 4 is 45.5 Å². The molecule has 3 rings (SSSR count). The number of hydrogen-bond donors (Lipinski definition) is 2. The molecular formula is C17H27IN4O4S. The van der Waals surface area contributed by atoms with Gasteiger partial charge >= 0.3 is 0 Å². The largest absolute Gasteiger partial charge is 0.490 e. The quantitative estimate of drug-likeness (QED) is 0.357. The van der Waals surface area contributed by atoms with Gasteiger partial charge in [-0.1, -0.05) is 0 Å². The van der Waals surface area contributed by atoms with Gasteiger partial charge in [0.2, 0.25) is 0 Å². The lowest BCUT2D eigenvalue weighted by Gasteiger charge is -2.26. The Labute approximate surface area is 177 Å². The summed E-state index contributed by atoms with van der Waals surface area (Å²) in [4.78, 5) is 6.38. The summed E-state index contributed by atoms with van der Waals surface area (Å²) >= 11 is 0. The van der Waals surface area contributed by atoms with Crippen LogP contribution < -0.4 is 20.1 Å². The zero-order chi connectivity index (χ0) is 18.4. The Kier molecular flexibility index (Phi) is 8.42. The van der Waals surface area contributed by atoms with Gasteiger partial charge in [0, 0.05) is 51.4 Å². The fraction of sp³-hybridized carbons (Fsp3) is 0.588.